The smallest absolute Gasteiger partial charge is 0.143 e. The van der Waals surface area contributed by atoms with Crippen molar-refractivity contribution in [3.63, 3.8) is 0 Å². The summed E-state index contributed by atoms with van der Waals surface area (Å²) in [4.78, 5) is 2.33. The van der Waals surface area contributed by atoms with Crippen LogP contribution in [0.1, 0.15) is 0 Å². The van der Waals surface area contributed by atoms with Crippen LogP contribution < -0.4 is 4.90 Å². The van der Waals surface area contributed by atoms with Crippen molar-refractivity contribution in [1.82, 2.24) is 0 Å². The third-order valence-electron chi connectivity index (χ3n) is 11.5. The van der Waals surface area contributed by atoms with Crippen LogP contribution in [0, 0.1) is 0 Å². The molecular formula is C56H37NO. The third kappa shape index (κ3) is 5.91. The standard InChI is InChI=1S/C56H37NO/c1-4-11-38(12-5-1)41-21-29-47(30-22-41)57(48-31-23-42(24-32-48)39-13-6-2-7-14-39)49-33-25-43(26-34-49)51-17-10-18-52-53-36-27-44-19-20-46-37-45(40-15-8-3-9-16-40)28-35-50(46)54(44)56(53)58-55(51)52/h1-37H. The highest BCUT2D eigenvalue weighted by Crippen LogP contribution is 2.43. The summed E-state index contributed by atoms with van der Waals surface area (Å²) in [5.74, 6) is 0. The van der Waals surface area contributed by atoms with E-state index in [9.17, 15) is 0 Å². The summed E-state index contributed by atoms with van der Waals surface area (Å²) in [6.07, 6.45) is 0. The fraction of sp³-hybridized carbons (Fsp3) is 0. The van der Waals surface area contributed by atoms with Crippen LogP contribution in [0.15, 0.2) is 229 Å². The van der Waals surface area contributed by atoms with E-state index in [-0.39, 0.29) is 0 Å². The highest BCUT2D eigenvalue weighted by atomic mass is 16.3. The van der Waals surface area contributed by atoms with E-state index < -0.39 is 0 Å². The number of hydrogen-bond donors (Lipinski definition) is 0. The number of furan rings is 1. The molecule has 0 bridgehead atoms. The first-order valence-corrected chi connectivity index (χ1v) is 19.8. The molecule has 0 aliphatic heterocycles. The molecule has 10 aromatic carbocycles. The molecule has 0 aliphatic rings. The zero-order valence-electron chi connectivity index (χ0n) is 31.7. The Hall–Kier alpha value is -7.68. The van der Waals surface area contributed by atoms with E-state index in [1.165, 1.54) is 49.5 Å². The van der Waals surface area contributed by atoms with Crippen LogP contribution >= 0.6 is 0 Å². The van der Waals surface area contributed by atoms with Crippen molar-refractivity contribution in [2.45, 2.75) is 0 Å². The molecule has 272 valence electrons. The molecule has 0 saturated heterocycles. The summed E-state index contributed by atoms with van der Waals surface area (Å²) in [5.41, 5.74) is 14.5. The monoisotopic (exact) mass is 739 g/mol. The Bertz CT molecular complexity index is 3140. The molecule has 1 heterocycles. The molecular weight excluding hydrogens is 703 g/mol. The number of anilines is 3. The highest BCUT2D eigenvalue weighted by molar-refractivity contribution is 6.24. The number of benzene rings is 10. The summed E-state index contributed by atoms with van der Waals surface area (Å²) in [6.45, 7) is 0. The summed E-state index contributed by atoms with van der Waals surface area (Å²) in [5, 5.41) is 6.97. The Kier molecular flexibility index (Phi) is 8.19. The topological polar surface area (TPSA) is 16.4 Å². The van der Waals surface area contributed by atoms with Gasteiger partial charge in [-0.3, -0.25) is 0 Å². The Morgan fingerprint density at radius 2 is 0.707 bits per heavy atom. The number of para-hydroxylation sites is 1. The van der Waals surface area contributed by atoms with Crippen molar-refractivity contribution >= 4 is 60.5 Å². The first-order chi connectivity index (χ1) is 28.7. The summed E-state index contributed by atoms with van der Waals surface area (Å²) >= 11 is 0. The summed E-state index contributed by atoms with van der Waals surface area (Å²) < 4.78 is 6.98. The van der Waals surface area contributed by atoms with Crippen LogP contribution in [0.3, 0.4) is 0 Å². The highest BCUT2D eigenvalue weighted by Gasteiger charge is 2.18. The molecule has 0 aliphatic carbocycles. The number of fused-ring (bicyclic) bond motifs is 7. The predicted molar refractivity (Wildman–Crippen MR) is 245 cm³/mol. The normalized spacial score (nSPS) is 11.4. The Labute approximate surface area is 337 Å². The van der Waals surface area contributed by atoms with E-state index in [2.05, 4.69) is 229 Å². The molecule has 0 saturated carbocycles. The van der Waals surface area contributed by atoms with Gasteiger partial charge in [-0.1, -0.05) is 176 Å². The van der Waals surface area contributed by atoms with Crippen LogP contribution in [-0.2, 0) is 0 Å². The van der Waals surface area contributed by atoms with Gasteiger partial charge in [0.25, 0.3) is 0 Å². The van der Waals surface area contributed by atoms with Crippen molar-refractivity contribution in [2.24, 2.45) is 0 Å². The summed E-state index contributed by atoms with van der Waals surface area (Å²) in [7, 11) is 0. The fourth-order valence-electron chi connectivity index (χ4n) is 8.54. The van der Waals surface area contributed by atoms with Gasteiger partial charge in [-0.05, 0) is 104 Å². The number of hydrogen-bond acceptors (Lipinski definition) is 2. The molecule has 2 heteroatoms. The fourth-order valence-corrected chi connectivity index (χ4v) is 8.54. The maximum absolute atomic E-state index is 6.98. The van der Waals surface area contributed by atoms with Crippen molar-refractivity contribution in [3.05, 3.63) is 224 Å². The first-order valence-electron chi connectivity index (χ1n) is 19.8. The summed E-state index contributed by atoms with van der Waals surface area (Å²) in [6, 6.07) is 80.4. The Morgan fingerprint density at radius 3 is 1.28 bits per heavy atom. The van der Waals surface area contributed by atoms with Crippen LogP contribution in [-0.4, -0.2) is 0 Å². The molecule has 11 aromatic rings. The average molecular weight is 740 g/mol. The minimum Gasteiger partial charge on any atom is -0.455 e. The predicted octanol–water partition coefficient (Wildman–Crippen LogP) is 16.0. The van der Waals surface area contributed by atoms with Crippen LogP contribution in [0.5, 0.6) is 0 Å². The molecule has 11 rings (SSSR count). The van der Waals surface area contributed by atoms with Crippen LogP contribution in [0.4, 0.5) is 17.1 Å². The maximum Gasteiger partial charge on any atom is 0.143 e. The lowest BCUT2D eigenvalue weighted by atomic mass is 9.96. The number of rotatable bonds is 7. The van der Waals surface area contributed by atoms with Crippen LogP contribution in [0.2, 0.25) is 0 Å². The minimum atomic E-state index is 0.903. The van der Waals surface area contributed by atoms with Gasteiger partial charge < -0.3 is 9.32 Å². The van der Waals surface area contributed by atoms with Gasteiger partial charge in [-0.25, -0.2) is 0 Å². The number of nitrogens with zero attached hydrogens (tertiary/aromatic N) is 1. The van der Waals surface area contributed by atoms with Crippen molar-refractivity contribution in [3.8, 4) is 44.5 Å². The van der Waals surface area contributed by atoms with Gasteiger partial charge in [-0.15, -0.1) is 0 Å². The SMILES string of the molecule is c1ccc(-c2ccc(N(c3ccc(-c4ccccc4)cc3)c3ccc(-c4cccc5c4oc4c5ccc5ccc6cc(-c7ccccc7)ccc6c54)cc3)cc2)cc1. The van der Waals surface area contributed by atoms with Crippen molar-refractivity contribution in [1.29, 1.82) is 0 Å². The second-order valence-electron chi connectivity index (χ2n) is 14.9. The molecule has 0 unspecified atom stereocenters. The molecule has 0 spiro atoms. The van der Waals surface area contributed by atoms with Gasteiger partial charge in [0.1, 0.15) is 11.2 Å². The largest absolute Gasteiger partial charge is 0.455 e. The van der Waals surface area contributed by atoms with E-state index in [0.717, 1.165) is 55.5 Å². The van der Waals surface area contributed by atoms with Gasteiger partial charge in [0.05, 0.1) is 0 Å². The van der Waals surface area contributed by atoms with Gasteiger partial charge >= 0.3 is 0 Å². The van der Waals surface area contributed by atoms with Gasteiger partial charge in [0, 0.05) is 38.8 Å². The molecule has 2 nitrogen and oxygen atoms in total. The van der Waals surface area contributed by atoms with E-state index in [1.807, 2.05) is 0 Å². The van der Waals surface area contributed by atoms with E-state index >= 15 is 0 Å². The second-order valence-corrected chi connectivity index (χ2v) is 14.9. The molecule has 0 atom stereocenters. The third-order valence-corrected chi connectivity index (χ3v) is 11.5. The molecule has 0 fully saturated rings. The lowest BCUT2D eigenvalue weighted by Crippen LogP contribution is -2.09. The van der Waals surface area contributed by atoms with E-state index in [0.29, 0.717) is 0 Å². The second kappa shape index (κ2) is 14.1. The lowest BCUT2D eigenvalue weighted by Gasteiger charge is -2.26. The zero-order valence-corrected chi connectivity index (χ0v) is 31.7. The van der Waals surface area contributed by atoms with Crippen LogP contribution in [0.25, 0.3) is 88.0 Å². The zero-order chi connectivity index (χ0) is 38.4. The molecule has 58 heavy (non-hydrogen) atoms. The first kappa shape index (κ1) is 33.6. The molecule has 1 aromatic heterocycles. The maximum atomic E-state index is 6.98. The molecule has 0 amide bonds. The van der Waals surface area contributed by atoms with Crippen molar-refractivity contribution < 1.29 is 4.42 Å². The average Bonchev–Trinajstić information content (AvgIpc) is 3.70. The van der Waals surface area contributed by atoms with E-state index in [4.69, 9.17) is 4.42 Å². The quantitative estimate of drug-likeness (QED) is 0.151. The minimum absolute atomic E-state index is 0.903. The van der Waals surface area contributed by atoms with Crippen molar-refractivity contribution in [2.75, 3.05) is 4.90 Å². The van der Waals surface area contributed by atoms with Gasteiger partial charge in [-0.2, -0.15) is 0 Å². The van der Waals surface area contributed by atoms with Gasteiger partial charge in [0.2, 0.25) is 0 Å². The molecule has 0 N–H and O–H groups in total. The van der Waals surface area contributed by atoms with E-state index in [1.54, 1.807) is 0 Å². The molecule has 0 radical (unpaired) electrons. The lowest BCUT2D eigenvalue weighted by molar-refractivity contribution is 0.674. The Morgan fingerprint density at radius 1 is 0.276 bits per heavy atom. The van der Waals surface area contributed by atoms with Gasteiger partial charge in [0.15, 0.2) is 0 Å². The Balaban J connectivity index is 0.996.